The summed E-state index contributed by atoms with van der Waals surface area (Å²) in [4.78, 5) is 2.35. The van der Waals surface area contributed by atoms with Crippen molar-refractivity contribution in [3.8, 4) is 5.75 Å². The zero-order valence-corrected chi connectivity index (χ0v) is 17.6. The maximum absolute atomic E-state index is 6.65. The lowest BCUT2D eigenvalue weighted by Gasteiger charge is -2.50. The van der Waals surface area contributed by atoms with Crippen molar-refractivity contribution in [2.75, 3.05) is 20.1 Å². The zero-order valence-electron chi connectivity index (χ0n) is 16.1. The van der Waals surface area contributed by atoms with Crippen LogP contribution in [0.15, 0.2) is 41.5 Å². The fraction of sp³-hybridized carbons (Fsp3) is 0.409. The Balaban J connectivity index is 1.60. The van der Waals surface area contributed by atoms with Gasteiger partial charge < -0.3 is 9.64 Å². The number of hydrogen-bond acceptors (Lipinski definition) is 4. The molecule has 5 rings (SSSR count). The number of fused-ring (bicyclic) bond motifs is 4. The smallest absolute Gasteiger partial charge is 0.200 e. The third-order valence-electron chi connectivity index (χ3n) is 6.16. The minimum atomic E-state index is -0.389. The van der Waals surface area contributed by atoms with Crippen LogP contribution in [-0.4, -0.2) is 41.5 Å². The quantitative estimate of drug-likeness (QED) is 0.634. The van der Waals surface area contributed by atoms with Gasteiger partial charge >= 0.3 is 0 Å². The number of piperidine rings is 1. The standard InChI is InChI=1S/C22H23Cl2N3O/c1-14-3-6-21-17(11-14)20-13-19(16-5-4-15(23)12-18(16)24)25-27(20)22(28-21)7-9-26(2)10-8-22/h3-6,11-12,20H,7-10,13H2,1-2H3/t20-/m1/s1. The SMILES string of the molecule is Cc1ccc2c(c1)[C@H]1CC(c3ccc(Cl)cc3Cl)=NN1C1(CCN(C)CC1)O2. The predicted molar refractivity (Wildman–Crippen MR) is 113 cm³/mol. The van der Waals surface area contributed by atoms with E-state index < -0.39 is 0 Å². The van der Waals surface area contributed by atoms with Crippen LogP contribution in [0.3, 0.4) is 0 Å². The van der Waals surface area contributed by atoms with Gasteiger partial charge in [-0.05, 0) is 32.2 Å². The molecule has 1 spiro atoms. The van der Waals surface area contributed by atoms with E-state index in [1.54, 1.807) is 6.07 Å². The Hall–Kier alpha value is -1.75. The van der Waals surface area contributed by atoms with Crippen molar-refractivity contribution in [2.45, 2.75) is 38.0 Å². The maximum atomic E-state index is 6.65. The summed E-state index contributed by atoms with van der Waals surface area (Å²) in [6, 6.07) is 12.3. The van der Waals surface area contributed by atoms with Gasteiger partial charge in [0.05, 0.1) is 16.8 Å². The first kappa shape index (κ1) is 18.3. The average Bonchev–Trinajstić information content (AvgIpc) is 3.11. The molecule has 3 aliphatic heterocycles. The second-order valence-corrected chi connectivity index (χ2v) is 8.97. The summed E-state index contributed by atoms with van der Waals surface area (Å²) in [5.74, 6) is 0.995. The molecule has 0 N–H and O–H groups in total. The Labute approximate surface area is 175 Å². The van der Waals surface area contributed by atoms with Crippen molar-refractivity contribution >= 4 is 28.9 Å². The molecule has 4 nitrogen and oxygen atoms in total. The summed E-state index contributed by atoms with van der Waals surface area (Å²) in [6.07, 6.45) is 2.68. The highest BCUT2D eigenvalue weighted by atomic mass is 35.5. The van der Waals surface area contributed by atoms with E-state index in [2.05, 4.69) is 42.1 Å². The number of aryl methyl sites for hydroxylation is 1. The average molecular weight is 416 g/mol. The van der Waals surface area contributed by atoms with Crippen LogP contribution < -0.4 is 4.74 Å². The van der Waals surface area contributed by atoms with Crippen LogP contribution >= 0.6 is 23.2 Å². The highest BCUT2D eigenvalue weighted by Crippen LogP contribution is 2.50. The fourth-order valence-corrected chi connectivity index (χ4v) is 5.10. The molecule has 0 amide bonds. The van der Waals surface area contributed by atoms with Crippen LogP contribution in [0.1, 0.15) is 42.0 Å². The number of likely N-dealkylation sites (tertiary alicyclic amines) is 1. The van der Waals surface area contributed by atoms with Crippen LogP contribution in [0.4, 0.5) is 0 Å². The number of benzene rings is 2. The minimum absolute atomic E-state index is 0.175. The van der Waals surface area contributed by atoms with Crippen LogP contribution in [-0.2, 0) is 0 Å². The highest BCUT2D eigenvalue weighted by Gasteiger charge is 2.51. The molecule has 28 heavy (non-hydrogen) atoms. The summed E-state index contributed by atoms with van der Waals surface area (Å²) >= 11 is 12.6. The molecule has 1 atom stereocenters. The van der Waals surface area contributed by atoms with Gasteiger partial charge in [-0.2, -0.15) is 5.10 Å². The van der Waals surface area contributed by atoms with E-state index in [9.17, 15) is 0 Å². The molecule has 1 fully saturated rings. The van der Waals surface area contributed by atoms with Crippen molar-refractivity contribution in [3.63, 3.8) is 0 Å². The maximum Gasteiger partial charge on any atom is 0.200 e. The minimum Gasteiger partial charge on any atom is -0.466 e. The van der Waals surface area contributed by atoms with Crippen molar-refractivity contribution in [2.24, 2.45) is 5.10 Å². The van der Waals surface area contributed by atoms with Gasteiger partial charge in [-0.3, -0.25) is 0 Å². The van der Waals surface area contributed by atoms with E-state index in [4.69, 9.17) is 33.0 Å². The van der Waals surface area contributed by atoms with Crippen molar-refractivity contribution in [3.05, 3.63) is 63.1 Å². The topological polar surface area (TPSA) is 28.1 Å². The van der Waals surface area contributed by atoms with E-state index in [-0.39, 0.29) is 11.8 Å². The number of halogens is 2. The number of rotatable bonds is 1. The van der Waals surface area contributed by atoms with Gasteiger partial charge in [-0.1, -0.05) is 47.0 Å². The Morgan fingerprint density at radius 2 is 1.89 bits per heavy atom. The largest absolute Gasteiger partial charge is 0.466 e. The first-order valence-electron chi connectivity index (χ1n) is 9.75. The van der Waals surface area contributed by atoms with Crippen molar-refractivity contribution in [1.29, 1.82) is 0 Å². The molecule has 146 valence electrons. The molecule has 2 aromatic carbocycles. The molecule has 0 bridgehead atoms. The molecule has 3 aliphatic rings. The molecule has 0 unspecified atom stereocenters. The summed E-state index contributed by atoms with van der Waals surface area (Å²) in [5, 5.41) is 8.59. The normalized spacial score (nSPS) is 23.2. The lowest BCUT2D eigenvalue weighted by atomic mass is 9.90. The Kier molecular flexibility index (Phi) is 4.34. The van der Waals surface area contributed by atoms with Gasteiger partial charge in [0.2, 0.25) is 5.72 Å². The van der Waals surface area contributed by atoms with Gasteiger partial charge in [0.25, 0.3) is 0 Å². The van der Waals surface area contributed by atoms with Crippen molar-refractivity contribution in [1.82, 2.24) is 9.91 Å². The van der Waals surface area contributed by atoms with Crippen LogP contribution in [0, 0.1) is 6.92 Å². The summed E-state index contributed by atoms with van der Waals surface area (Å²) < 4.78 is 6.65. The van der Waals surface area contributed by atoms with Gasteiger partial charge in [0.15, 0.2) is 0 Å². The van der Waals surface area contributed by atoms with E-state index >= 15 is 0 Å². The molecule has 0 radical (unpaired) electrons. The molecule has 3 heterocycles. The Morgan fingerprint density at radius 1 is 1.11 bits per heavy atom. The van der Waals surface area contributed by atoms with Gasteiger partial charge in [-0.15, -0.1) is 0 Å². The van der Waals surface area contributed by atoms with Crippen molar-refractivity contribution < 1.29 is 4.74 Å². The summed E-state index contributed by atoms with van der Waals surface area (Å²) in [6.45, 7) is 4.12. The molecule has 6 heteroatoms. The number of ether oxygens (including phenoxy) is 1. The lowest BCUT2D eigenvalue weighted by Crippen LogP contribution is -2.58. The van der Waals surface area contributed by atoms with Crippen LogP contribution in [0.25, 0.3) is 0 Å². The molecule has 0 saturated carbocycles. The second-order valence-electron chi connectivity index (χ2n) is 8.13. The monoisotopic (exact) mass is 415 g/mol. The Morgan fingerprint density at radius 3 is 2.64 bits per heavy atom. The number of nitrogens with zero attached hydrogens (tertiary/aromatic N) is 3. The van der Waals surface area contributed by atoms with E-state index in [1.165, 1.54) is 11.1 Å². The van der Waals surface area contributed by atoms with Gasteiger partial charge in [-0.25, -0.2) is 5.01 Å². The lowest BCUT2D eigenvalue weighted by molar-refractivity contribution is -0.147. The van der Waals surface area contributed by atoms with Gasteiger partial charge in [0, 0.05) is 48.5 Å². The zero-order chi connectivity index (χ0) is 19.5. The highest BCUT2D eigenvalue weighted by molar-refractivity contribution is 6.37. The third-order valence-corrected chi connectivity index (χ3v) is 6.71. The molecule has 2 aromatic rings. The summed E-state index contributed by atoms with van der Waals surface area (Å²) in [7, 11) is 2.16. The summed E-state index contributed by atoms with van der Waals surface area (Å²) in [5.41, 5.74) is 4.02. The predicted octanol–water partition coefficient (Wildman–Crippen LogP) is 5.27. The Bertz CT molecular complexity index is 966. The third kappa shape index (κ3) is 2.90. The van der Waals surface area contributed by atoms with Gasteiger partial charge in [0.1, 0.15) is 5.75 Å². The molecular weight excluding hydrogens is 393 g/mol. The molecule has 0 aliphatic carbocycles. The first-order valence-corrected chi connectivity index (χ1v) is 10.5. The molecule has 1 saturated heterocycles. The number of hydrogen-bond donors (Lipinski definition) is 0. The van der Waals surface area contributed by atoms with E-state index in [0.29, 0.717) is 10.0 Å². The van der Waals surface area contributed by atoms with Crippen LogP contribution in [0.2, 0.25) is 10.0 Å². The fourth-order valence-electron chi connectivity index (χ4n) is 4.59. The first-order chi connectivity index (χ1) is 13.4. The van der Waals surface area contributed by atoms with E-state index in [1.807, 2.05) is 12.1 Å². The second kappa shape index (κ2) is 6.65. The number of hydrazone groups is 1. The molecular formula is C22H23Cl2N3O. The molecule has 0 aromatic heterocycles. The van der Waals surface area contributed by atoms with Crippen LogP contribution in [0.5, 0.6) is 5.75 Å². The van der Waals surface area contributed by atoms with E-state index in [0.717, 1.165) is 49.4 Å².